The number of thiophene rings is 1. The van der Waals surface area contributed by atoms with Gasteiger partial charge in [0, 0.05) is 28.1 Å². The van der Waals surface area contributed by atoms with Gasteiger partial charge in [0.25, 0.3) is 0 Å². The van der Waals surface area contributed by atoms with Crippen LogP contribution < -0.4 is 10.6 Å². The fraction of sp³-hybridized carbons (Fsp3) is 0.385. The van der Waals surface area contributed by atoms with E-state index in [2.05, 4.69) is 39.7 Å². The molecule has 0 saturated heterocycles. The molecule has 0 fully saturated rings. The molecule has 0 aliphatic heterocycles. The van der Waals surface area contributed by atoms with Gasteiger partial charge >= 0.3 is 0 Å². The molecule has 0 aromatic carbocycles. The molecule has 0 aliphatic rings. The number of hydrogen-bond acceptors (Lipinski definition) is 5. The van der Waals surface area contributed by atoms with Crippen molar-refractivity contribution < 1.29 is 0 Å². The van der Waals surface area contributed by atoms with Crippen LogP contribution in [0.2, 0.25) is 0 Å². The molecule has 2 heterocycles. The number of nitrogens with zero attached hydrogens (tertiary/aromatic N) is 2. The summed E-state index contributed by atoms with van der Waals surface area (Å²) in [6, 6.07) is 6.24. The number of nitrogens with one attached hydrogen (secondary N) is 2. The van der Waals surface area contributed by atoms with E-state index < -0.39 is 0 Å². The molecule has 0 unspecified atom stereocenters. The Morgan fingerprint density at radius 1 is 1.17 bits per heavy atom. The predicted octanol–water partition coefficient (Wildman–Crippen LogP) is 3.20. The van der Waals surface area contributed by atoms with Crippen molar-refractivity contribution in [1.82, 2.24) is 9.97 Å². The van der Waals surface area contributed by atoms with Crippen molar-refractivity contribution in [2.24, 2.45) is 0 Å². The molecule has 2 rings (SSSR count). The van der Waals surface area contributed by atoms with Crippen molar-refractivity contribution in [3.05, 3.63) is 33.6 Å². The molecule has 0 atom stereocenters. The van der Waals surface area contributed by atoms with E-state index in [1.165, 1.54) is 9.75 Å². The summed E-state index contributed by atoms with van der Waals surface area (Å²) in [7, 11) is 0. The summed E-state index contributed by atoms with van der Waals surface area (Å²) >= 11 is 1.80. The second kappa shape index (κ2) is 5.82. The Kier molecular flexibility index (Phi) is 4.15. The fourth-order valence-electron chi connectivity index (χ4n) is 1.65. The smallest absolute Gasteiger partial charge is 0.224 e. The zero-order valence-electron chi connectivity index (χ0n) is 10.9. The maximum Gasteiger partial charge on any atom is 0.224 e. The molecule has 2 aromatic heterocycles. The summed E-state index contributed by atoms with van der Waals surface area (Å²) in [4.78, 5) is 11.4. The molecule has 0 spiro atoms. The lowest BCUT2D eigenvalue weighted by atomic mass is 10.4. The third-order valence-corrected chi connectivity index (χ3v) is 3.43. The Balaban J connectivity index is 2.04. The maximum atomic E-state index is 4.42. The average Bonchev–Trinajstić information content (AvgIpc) is 2.72. The van der Waals surface area contributed by atoms with Crippen molar-refractivity contribution in [3.63, 3.8) is 0 Å². The van der Waals surface area contributed by atoms with Crippen LogP contribution >= 0.6 is 11.3 Å². The highest BCUT2D eigenvalue weighted by atomic mass is 32.1. The molecule has 0 bridgehead atoms. The maximum absolute atomic E-state index is 4.42. The number of aryl methyl sites for hydroxylation is 2. The van der Waals surface area contributed by atoms with Crippen LogP contribution in [-0.4, -0.2) is 16.5 Å². The Morgan fingerprint density at radius 3 is 2.67 bits per heavy atom. The van der Waals surface area contributed by atoms with Crippen molar-refractivity contribution >= 4 is 23.1 Å². The topological polar surface area (TPSA) is 49.8 Å². The van der Waals surface area contributed by atoms with Crippen LogP contribution in [0, 0.1) is 13.8 Å². The first-order valence-electron chi connectivity index (χ1n) is 6.06. The third-order valence-electron chi connectivity index (χ3n) is 2.43. The SMILES string of the molecule is CCNc1nc(C)cc(NCc2ccc(C)s2)n1. The van der Waals surface area contributed by atoms with Crippen LogP contribution in [0.25, 0.3) is 0 Å². The predicted molar refractivity (Wildman–Crippen MR) is 77.3 cm³/mol. The number of rotatable bonds is 5. The second-order valence-electron chi connectivity index (χ2n) is 4.11. The minimum absolute atomic E-state index is 0.683. The van der Waals surface area contributed by atoms with Gasteiger partial charge in [0.15, 0.2) is 0 Å². The van der Waals surface area contributed by atoms with Gasteiger partial charge in [0.05, 0.1) is 6.54 Å². The minimum atomic E-state index is 0.683. The zero-order chi connectivity index (χ0) is 13.0. The van der Waals surface area contributed by atoms with Gasteiger partial charge in [-0.2, -0.15) is 4.98 Å². The number of hydrogen-bond donors (Lipinski definition) is 2. The Hall–Kier alpha value is -1.62. The van der Waals surface area contributed by atoms with Crippen molar-refractivity contribution in [2.75, 3.05) is 17.2 Å². The first-order valence-corrected chi connectivity index (χ1v) is 6.87. The average molecular weight is 262 g/mol. The molecule has 5 heteroatoms. The first-order chi connectivity index (χ1) is 8.67. The first kappa shape index (κ1) is 12.8. The summed E-state index contributed by atoms with van der Waals surface area (Å²) in [5, 5.41) is 6.46. The van der Waals surface area contributed by atoms with Crippen LogP contribution in [0.4, 0.5) is 11.8 Å². The summed E-state index contributed by atoms with van der Waals surface area (Å²) in [6.07, 6.45) is 0. The highest BCUT2D eigenvalue weighted by Crippen LogP contribution is 2.17. The van der Waals surface area contributed by atoms with Gasteiger partial charge < -0.3 is 10.6 Å². The van der Waals surface area contributed by atoms with Gasteiger partial charge in [-0.25, -0.2) is 4.98 Å². The highest BCUT2D eigenvalue weighted by molar-refractivity contribution is 7.11. The van der Waals surface area contributed by atoms with Crippen LogP contribution in [0.3, 0.4) is 0 Å². The number of anilines is 2. The van der Waals surface area contributed by atoms with Gasteiger partial charge in [-0.15, -0.1) is 11.3 Å². The summed E-state index contributed by atoms with van der Waals surface area (Å²) < 4.78 is 0. The van der Waals surface area contributed by atoms with E-state index in [1.807, 2.05) is 19.9 Å². The van der Waals surface area contributed by atoms with E-state index in [9.17, 15) is 0 Å². The van der Waals surface area contributed by atoms with E-state index in [0.717, 1.165) is 24.6 Å². The van der Waals surface area contributed by atoms with Crippen molar-refractivity contribution in [2.45, 2.75) is 27.3 Å². The van der Waals surface area contributed by atoms with E-state index in [1.54, 1.807) is 11.3 Å². The monoisotopic (exact) mass is 262 g/mol. The largest absolute Gasteiger partial charge is 0.365 e. The minimum Gasteiger partial charge on any atom is -0.365 e. The molecule has 18 heavy (non-hydrogen) atoms. The molecule has 2 aromatic rings. The van der Waals surface area contributed by atoms with Gasteiger partial charge in [-0.1, -0.05) is 0 Å². The van der Waals surface area contributed by atoms with Gasteiger partial charge in [0.2, 0.25) is 5.95 Å². The molecular formula is C13H18N4S. The van der Waals surface area contributed by atoms with Crippen LogP contribution in [-0.2, 0) is 6.54 Å². The van der Waals surface area contributed by atoms with Gasteiger partial charge in [-0.3, -0.25) is 0 Å². The van der Waals surface area contributed by atoms with Gasteiger partial charge in [0.1, 0.15) is 5.82 Å². The molecule has 4 nitrogen and oxygen atoms in total. The van der Waals surface area contributed by atoms with Crippen LogP contribution in [0.15, 0.2) is 18.2 Å². The molecule has 96 valence electrons. The Bertz CT molecular complexity index is 521. The zero-order valence-corrected chi connectivity index (χ0v) is 11.8. The molecule has 0 radical (unpaired) electrons. The third kappa shape index (κ3) is 3.43. The molecule has 0 aliphatic carbocycles. The lowest BCUT2D eigenvalue weighted by Crippen LogP contribution is -2.07. The van der Waals surface area contributed by atoms with E-state index in [-0.39, 0.29) is 0 Å². The van der Waals surface area contributed by atoms with E-state index in [4.69, 9.17) is 0 Å². The highest BCUT2D eigenvalue weighted by Gasteiger charge is 2.02. The second-order valence-corrected chi connectivity index (χ2v) is 5.49. The van der Waals surface area contributed by atoms with E-state index >= 15 is 0 Å². The molecule has 2 N–H and O–H groups in total. The lowest BCUT2D eigenvalue weighted by molar-refractivity contribution is 1.03. The Labute approximate surface area is 111 Å². The Morgan fingerprint density at radius 2 is 2.00 bits per heavy atom. The van der Waals surface area contributed by atoms with Gasteiger partial charge in [-0.05, 0) is 32.9 Å². The molecule has 0 amide bonds. The van der Waals surface area contributed by atoms with Crippen molar-refractivity contribution in [1.29, 1.82) is 0 Å². The summed E-state index contributed by atoms with van der Waals surface area (Å²) in [5.41, 5.74) is 0.964. The van der Waals surface area contributed by atoms with Crippen molar-refractivity contribution in [3.8, 4) is 0 Å². The van der Waals surface area contributed by atoms with Crippen LogP contribution in [0.1, 0.15) is 22.4 Å². The van der Waals surface area contributed by atoms with Crippen LogP contribution in [0.5, 0.6) is 0 Å². The number of aromatic nitrogens is 2. The normalized spacial score (nSPS) is 10.4. The summed E-state index contributed by atoms with van der Waals surface area (Å²) in [5.74, 6) is 1.55. The standard InChI is InChI=1S/C13H18N4S/c1-4-14-13-16-9(2)7-12(17-13)15-8-11-6-5-10(3)18-11/h5-7H,4,8H2,1-3H3,(H2,14,15,16,17). The quantitative estimate of drug-likeness (QED) is 0.869. The van der Waals surface area contributed by atoms with E-state index in [0.29, 0.717) is 5.95 Å². The molecule has 0 saturated carbocycles. The summed E-state index contributed by atoms with van der Waals surface area (Å²) in [6.45, 7) is 7.76. The molecular weight excluding hydrogens is 244 g/mol. The lowest BCUT2D eigenvalue weighted by Gasteiger charge is -2.08. The fourth-order valence-corrected chi connectivity index (χ4v) is 2.48.